The monoisotopic (exact) mass is 299 g/mol. The van der Waals surface area contributed by atoms with Gasteiger partial charge in [-0.25, -0.2) is 4.98 Å². The number of hydrogen-bond acceptors (Lipinski definition) is 2. The van der Waals surface area contributed by atoms with Crippen molar-refractivity contribution in [3.05, 3.63) is 70.1 Å². The maximum atomic E-state index is 5.94. The molecule has 2 N–H and O–H groups in total. The highest BCUT2D eigenvalue weighted by atomic mass is 35.5. The number of imidazole rings is 1. The standard InChI is InChI=1S/C17H18ClN3/c1-12-3-2-4-17-20-15(16(9-10-19)21(12)17)11-13-5-7-14(18)8-6-13/h2-8H,9-11,19H2,1H3. The Morgan fingerprint density at radius 3 is 2.62 bits per heavy atom. The van der Waals surface area contributed by atoms with E-state index in [1.165, 1.54) is 17.0 Å². The highest BCUT2D eigenvalue weighted by molar-refractivity contribution is 6.30. The van der Waals surface area contributed by atoms with Crippen LogP contribution in [0.5, 0.6) is 0 Å². The molecule has 4 heteroatoms. The smallest absolute Gasteiger partial charge is 0.137 e. The second kappa shape index (κ2) is 5.88. The van der Waals surface area contributed by atoms with E-state index in [2.05, 4.69) is 17.4 Å². The Bertz CT molecular complexity index is 760. The Morgan fingerprint density at radius 1 is 1.14 bits per heavy atom. The lowest BCUT2D eigenvalue weighted by atomic mass is 10.1. The molecule has 2 aromatic heterocycles. The molecule has 0 spiro atoms. The number of nitrogens with two attached hydrogens (primary N) is 1. The van der Waals surface area contributed by atoms with Crippen LogP contribution in [0, 0.1) is 6.92 Å². The summed E-state index contributed by atoms with van der Waals surface area (Å²) in [5, 5.41) is 0.756. The Hall–Kier alpha value is -1.84. The Labute approximate surface area is 129 Å². The molecule has 21 heavy (non-hydrogen) atoms. The van der Waals surface area contributed by atoms with Crippen LogP contribution in [0.2, 0.25) is 5.02 Å². The van der Waals surface area contributed by atoms with Gasteiger partial charge in [0.25, 0.3) is 0 Å². The van der Waals surface area contributed by atoms with Crippen molar-refractivity contribution >= 4 is 17.2 Å². The largest absolute Gasteiger partial charge is 0.330 e. The van der Waals surface area contributed by atoms with Crippen molar-refractivity contribution < 1.29 is 0 Å². The third-order valence-corrected chi connectivity index (χ3v) is 3.94. The molecule has 1 aromatic carbocycles. The molecule has 3 rings (SSSR count). The number of benzene rings is 1. The van der Waals surface area contributed by atoms with E-state index in [0.717, 1.165) is 29.2 Å². The zero-order chi connectivity index (χ0) is 14.8. The number of aromatic nitrogens is 2. The zero-order valence-electron chi connectivity index (χ0n) is 12.0. The van der Waals surface area contributed by atoms with Crippen molar-refractivity contribution in [3.8, 4) is 0 Å². The van der Waals surface area contributed by atoms with Gasteiger partial charge in [-0.3, -0.25) is 0 Å². The Kier molecular flexibility index (Phi) is 3.95. The Balaban J connectivity index is 2.06. The van der Waals surface area contributed by atoms with Gasteiger partial charge in [-0.2, -0.15) is 0 Å². The van der Waals surface area contributed by atoms with E-state index in [4.69, 9.17) is 22.3 Å². The molecule has 108 valence electrons. The summed E-state index contributed by atoms with van der Waals surface area (Å²) >= 11 is 5.94. The predicted molar refractivity (Wildman–Crippen MR) is 86.9 cm³/mol. The molecule has 0 bridgehead atoms. The fourth-order valence-electron chi connectivity index (χ4n) is 2.70. The average molecular weight is 300 g/mol. The summed E-state index contributed by atoms with van der Waals surface area (Å²) in [4.78, 5) is 4.78. The lowest BCUT2D eigenvalue weighted by Gasteiger charge is -2.06. The molecule has 0 atom stereocenters. The molecule has 0 aliphatic rings. The second-order valence-corrected chi connectivity index (χ2v) is 5.64. The summed E-state index contributed by atoms with van der Waals surface area (Å²) in [5.74, 6) is 0. The van der Waals surface area contributed by atoms with Crippen LogP contribution in [0.25, 0.3) is 5.65 Å². The van der Waals surface area contributed by atoms with Gasteiger partial charge in [0.2, 0.25) is 0 Å². The fourth-order valence-corrected chi connectivity index (χ4v) is 2.83. The van der Waals surface area contributed by atoms with Gasteiger partial charge in [0.05, 0.1) is 5.69 Å². The van der Waals surface area contributed by atoms with Gasteiger partial charge < -0.3 is 10.1 Å². The first-order valence-electron chi connectivity index (χ1n) is 7.09. The van der Waals surface area contributed by atoms with Gasteiger partial charge in [-0.1, -0.05) is 29.8 Å². The van der Waals surface area contributed by atoms with Crippen molar-refractivity contribution in [2.75, 3.05) is 6.54 Å². The quantitative estimate of drug-likeness (QED) is 0.802. The maximum absolute atomic E-state index is 5.94. The molecular weight excluding hydrogens is 282 g/mol. The molecule has 0 aliphatic heterocycles. The van der Waals surface area contributed by atoms with Gasteiger partial charge in [-0.05, 0) is 43.3 Å². The summed E-state index contributed by atoms with van der Waals surface area (Å²) in [6.45, 7) is 2.72. The normalized spacial score (nSPS) is 11.2. The van der Waals surface area contributed by atoms with Crippen molar-refractivity contribution in [2.24, 2.45) is 5.73 Å². The minimum absolute atomic E-state index is 0.621. The number of nitrogens with zero attached hydrogens (tertiary/aromatic N) is 2. The topological polar surface area (TPSA) is 43.3 Å². The number of aryl methyl sites for hydroxylation is 1. The molecule has 0 saturated carbocycles. The van der Waals surface area contributed by atoms with E-state index < -0.39 is 0 Å². The molecule has 3 aromatic rings. The Morgan fingerprint density at radius 2 is 1.90 bits per heavy atom. The average Bonchev–Trinajstić information content (AvgIpc) is 2.81. The lowest BCUT2D eigenvalue weighted by Crippen LogP contribution is -2.08. The number of hydrogen-bond donors (Lipinski definition) is 1. The van der Waals surface area contributed by atoms with E-state index in [-0.39, 0.29) is 0 Å². The maximum Gasteiger partial charge on any atom is 0.137 e. The van der Waals surface area contributed by atoms with E-state index >= 15 is 0 Å². The van der Waals surface area contributed by atoms with E-state index in [0.29, 0.717) is 6.54 Å². The van der Waals surface area contributed by atoms with Crippen LogP contribution in [0.3, 0.4) is 0 Å². The van der Waals surface area contributed by atoms with Crippen LogP contribution in [0.1, 0.15) is 22.6 Å². The number of rotatable bonds is 4. The van der Waals surface area contributed by atoms with Crippen LogP contribution >= 0.6 is 11.6 Å². The van der Waals surface area contributed by atoms with Crippen LogP contribution in [-0.4, -0.2) is 15.9 Å². The molecule has 0 fully saturated rings. The lowest BCUT2D eigenvalue weighted by molar-refractivity contribution is 0.869. The number of pyridine rings is 1. The van der Waals surface area contributed by atoms with Crippen LogP contribution in [0.15, 0.2) is 42.5 Å². The fraction of sp³-hybridized carbons (Fsp3) is 0.235. The van der Waals surface area contributed by atoms with Crippen LogP contribution in [0.4, 0.5) is 0 Å². The molecule has 0 aliphatic carbocycles. The van der Waals surface area contributed by atoms with Gasteiger partial charge in [-0.15, -0.1) is 0 Å². The van der Waals surface area contributed by atoms with E-state index in [1.807, 2.05) is 36.4 Å². The zero-order valence-corrected chi connectivity index (χ0v) is 12.8. The van der Waals surface area contributed by atoms with Gasteiger partial charge in [0, 0.05) is 29.3 Å². The van der Waals surface area contributed by atoms with Crippen molar-refractivity contribution in [1.82, 2.24) is 9.38 Å². The van der Waals surface area contributed by atoms with E-state index in [9.17, 15) is 0 Å². The van der Waals surface area contributed by atoms with E-state index in [1.54, 1.807) is 0 Å². The molecule has 0 amide bonds. The third-order valence-electron chi connectivity index (χ3n) is 3.68. The highest BCUT2D eigenvalue weighted by Gasteiger charge is 2.13. The predicted octanol–water partition coefficient (Wildman–Crippen LogP) is 3.39. The van der Waals surface area contributed by atoms with Crippen molar-refractivity contribution in [2.45, 2.75) is 19.8 Å². The minimum Gasteiger partial charge on any atom is -0.330 e. The second-order valence-electron chi connectivity index (χ2n) is 5.21. The number of fused-ring (bicyclic) bond motifs is 1. The summed E-state index contributed by atoms with van der Waals surface area (Å²) in [7, 11) is 0. The summed E-state index contributed by atoms with van der Waals surface area (Å²) < 4.78 is 2.21. The van der Waals surface area contributed by atoms with Gasteiger partial charge in [0.15, 0.2) is 0 Å². The number of halogens is 1. The van der Waals surface area contributed by atoms with Gasteiger partial charge in [0.1, 0.15) is 5.65 Å². The van der Waals surface area contributed by atoms with Crippen LogP contribution in [-0.2, 0) is 12.8 Å². The first kappa shape index (κ1) is 14.1. The first-order chi connectivity index (χ1) is 10.2. The molecule has 0 unspecified atom stereocenters. The summed E-state index contributed by atoms with van der Waals surface area (Å²) in [6.07, 6.45) is 1.63. The third kappa shape index (κ3) is 2.80. The SMILES string of the molecule is Cc1cccc2nc(Cc3ccc(Cl)cc3)c(CCN)n12. The highest BCUT2D eigenvalue weighted by Crippen LogP contribution is 2.20. The van der Waals surface area contributed by atoms with Crippen LogP contribution < -0.4 is 5.73 Å². The minimum atomic E-state index is 0.621. The molecule has 0 radical (unpaired) electrons. The first-order valence-corrected chi connectivity index (χ1v) is 7.47. The van der Waals surface area contributed by atoms with Crippen molar-refractivity contribution in [3.63, 3.8) is 0 Å². The molecule has 0 saturated heterocycles. The summed E-state index contributed by atoms with van der Waals surface area (Å²) in [5.41, 5.74) is 11.5. The summed E-state index contributed by atoms with van der Waals surface area (Å²) in [6, 6.07) is 14.1. The molecule has 3 nitrogen and oxygen atoms in total. The molecular formula is C17H18ClN3. The van der Waals surface area contributed by atoms with Gasteiger partial charge >= 0.3 is 0 Å². The van der Waals surface area contributed by atoms with Crippen molar-refractivity contribution in [1.29, 1.82) is 0 Å². The molecule has 2 heterocycles.